The van der Waals surface area contributed by atoms with E-state index in [1.165, 1.54) is 5.57 Å². The van der Waals surface area contributed by atoms with E-state index in [4.69, 9.17) is 4.74 Å². The predicted octanol–water partition coefficient (Wildman–Crippen LogP) is 2.30. The monoisotopic (exact) mass is 138 g/mol. The lowest BCUT2D eigenvalue weighted by Gasteiger charge is -2.29. The summed E-state index contributed by atoms with van der Waals surface area (Å²) in [4.78, 5) is 0. The van der Waals surface area contributed by atoms with Gasteiger partial charge in [0.25, 0.3) is 0 Å². The van der Waals surface area contributed by atoms with Crippen molar-refractivity contribution in [3.63, 3.8) is 0 Å². The molecule has 0 N–H and O–H groups in total. The highest BCUT2D eigenvalue weighted by Crippen LogP contribution is 2.23. The zero-order valence-corrected chi connectivity index (χ0v) is 6.68. The Bertz CT molecular complexity index is 170. The zero-order valence-electron chi connectivity index (χ0n) is 6.68. The van der Waals surface area contributed by atoms with Gasteiger partial charge in [0.05, 0.1) is 12.2 Å². The van der Waals surface area contributed by atoms with E-state index in [1.54, 1.807) is 0 Å². The highest BCUT2D eigenvalue weighted by Gasteiger charge is 2.22. The van der Waals surface area contributed by atoms with Gasteiger partial charge in [-0.2, -0.15) is 0 Å². The van der Waals surface area contributed by atoms with Gasteiger partial charge in [-0.15, -0.1) is 6.58 Å². The molecule has 0 fully saturated rings. The first-order valence-corrected chi connectivity index (χ1v) is 3.59. The third-order valence-corrected chi connectivity index (χ3v) is 1.92. The van der Waals surface area contributed by atoms with Crippen LogP contribution in [0.3, 0.4) is 0 Å². The van der Waals surface area contributed by atoms with Crippen LogP contribution in [0.1, 0.15) is 20.3 Å². The summed E-state index contributed by atoms with van der Waals surface area (Å²) in [5.41, 5.74) is 1.21. The molecule has 0 saturated heterocycles. The van der Waals surface area contributed by atoms with Gasteiger partial charge < -0.3 is 4.74 Å². The Balaban J connectivity index is 2.64. The van der Waals surface area contributed by atoms with E-state index in [0.717, 1.165) is 13.0 Å². The number of ether oxygens (including phenoxy) is 1. The molecule has 10 heavy (non-hydrogen) atoms. The fourth-order valence-electron chi connectivity index (χ4n) is 0.916. The zero-order chi connectivity index (χ0) is 7.61. The summed E-state index contributed by atoms with van der Waals surface area (Å²) in [7, 11) is 0. The van der Waals surface area contributed by atoms with Gasteiger partial charge in [0, 0.05) is 0 Å². The average Bonchev–Trinajstić information content (AvgIpc) is 1.96. The largest absolute Gasteiger partial charge is 0.367 e. The van der Waals surface area contributed by atoms with Crippen molar-refractivity contribution in [1.82, 2.24) is 0 Å². The molecule has 0 amide bonds. The van der Waals surface area contributed by atoms with Crippen LogP contribution in [-0.4, -0.2) is 12.2 Å². The van der Waals surface area contributed by atoms with Gasteiger partial charge >= 0.3 is 0 Å². The van der Waals surface area contributed by atoms with Crippen molar-refractivity contribution in [1.29, 1.82) is 0 Å². The molecule has 0 aliphatic carbocycles. The maximum atomic E-state index is 5.54. The van der Waals surface area contributed by atoms with E-state index >= 15 is 0 Å². The smallest absolute Gasteiger partial charge is 0.0870 e. The first kappa shape index (κ1) is 7.55. The van der Waals surface area contributed by atoms with E-state index in [9.17, 15) is 0 Å². The lowest BCUT2D eigenvalue weighted by Crippen LogP contribution is -2.28. The molecular weight excluding hydrogens is 124 g/mol. The fourth-order valence-corrected chi connectivity index (χ4v) is 0.916. The van der Waals surface area contributed by atoms with Crippen LogP contribution in [0, 0.1) is 0 Å². The molecule has 1 heteroatoms. The Morgan fingerprint density at radius 1 is 1.80 bits per heavy atom. The Hall–Kier alpha value is -0.560. The van der Waals surface area contributed by atoms with Crippen LogP contribution in [0.2, 0.25) is 0 Å². The Labute approximate surface area is 62.4 Å². The topological polar surface area (TPSA) is 9.23 Å². The highest BCUT2D eigenvalue weighted by atomic mass is 16.5. The van der Waals surface area contributed by atoms with Gasteiger partial charge in [-0.3, -0.25) is 0 Å². The van der Waals surface area contributed by atoms with Crippen molar-refractivity contribution in [2.24, 2.45) is 0 Å². The molecule has 1 rings (SSSR count). The number of rotatable bonds is 1. The second-order valence-electron chi connectivity index (χ2n) is 3.06. The van der Waals surface area contributed by atoms with Crippen LogP contribution in [0.4, 0.5) is 0 Å². The van der Waals surface area contributed by atoms with Crippen molar-refractivity contribution in [2.45, 2.75) is 25.9 Å². The fraction of sp³-hybridized carbons (Fsp3) is 0.556. The van der Waals surface area contributed by atoms with Crippen LogP contribution < -0.4 is 0 Å². The van der Waals surface area contributed by atoms with Crippen LogP contribution in [0.15, 0.2) is 24.3 Å². The van der Waals surface area contributed by atoms with Crippen molar-refractivity contribution in [2.75, 3.05) is 6.61 Å². The summed E-state index contributed by atoms with van der Waals surface area (Å²) in [5.74, 6) is 0. The maximum absolute atomic E-state index is 5.54. The molecular formula is C9H14O. The van der Waals surface area contributed by atoms with E-state index in [0.29, 0.717) is 0 Å². The maximum Gasteiger partial charge on any atom is 0.0870 e. The standard InChI is InChI=1S/C9H14O/c1-4-9(3)6-5-8(2)7-10-9/h4-5H,1,6-7H2,2-3H3. The minimum absolute atomic E-state index is 0.112. The second kappa shape index (κ2) is 2.59. The van der Waals surface area contributed by atoms with Crippen LogP contribution >= 0.6 is 0 Å². The number of hydrogen-bond donors (Lipinski definition) is 0. The molecule has 1 aliphatic heterocycles. The second-order valence-corrected chi connectivity index (χ2v) is 3.06. The van der Waals surface area contributed by atoms with Gasteiger partial charge in [0.1, 0.15) is 0 Å². The van der Waals surface area contributed by atoms with Gasteiger partial charge in [0.15, 0.2) is 0 Å². The lowest BCUT2D eigenvalue weighted by molar-refractivity contribution is 0.0130. The molecule has 1 atom stereocenters. The van der Waals surface area contributed by atoms with Crippen molar-refractivity contribution < 1.29 is 4.74 Å². The third-order valence-electron chi connectivity index (χ3n) is 1.92. The highest BCUT2D eigenvalue weighted by molar-refractivity contribution is 5.10. The summed E-state index contributed by atoms with van der Waals surface area (Å²) in [5, 5.41) is 0. The molecule has 1 aliphatic rings. The van der Waals surface area contributed by atoms with E-state index in [1.807, 2.05) is 6.08 Å². The molecule has 0 aromatic carbocycles. The lowest BCUT2D eigenvalue weighted by atomic mass is 9.98. The molecule has 1 heterocycles. The molecule has 0 radical (unpaired) electrons. The Morgan fingerprint density at radius 3 is 2.90 bits per heavy atom. The van der Waals surface area contributed by atoms with Gasteiger partial charge in [-0.05, 0) is 20.3 Å². The van der Waals surface area contributed by atoms with E-state index < -0.39 is 0 Å². The molecule has 0 spiro atoms. The van der Waals surface area contributed by atoms with Gasteiger partial charge in [-0.25, -0.2) is 0 Å². The minimum atomic E-state index is -0.112. The third kappa shape index (κ3) is 1.48. The normalized spacial score (nSPS) is 33.2. The summed E-state index contributed by atoms with van der Waals surface area (Å²) >= 11 is 0. The molecule has 1 unspecified atom stereocenters. The van der Waals surface area contributed by atoms with Crippen molar-refractivity contribution >= 4 is 0 Å². The van der Waals surface area contributed by atoms with Crippen LogP contribution in [-0.2, 0) is 4.74 Å². The Morgan fingerprint density at radius 2 is 2.50 bits per heavy atom. The predicted molar refractivity (Wildman–Crippen MR) is 42.9 cm³/mol. The summed E-state index contributed by atoms with van der Waals surface area (Å²) < 4.78 is 5.54. The molecule has 56 valence electrons. The van der Waals surface area contributed by atoms with Gasteiger partial charge in [-0.1, -0.05) is 17.7 Å². The van der Waals surface area contributed by atoms with E-state index in [2.05, 4.69) is 26.5 Å². The van der Waals surface area contributed by atoms with Gasteiger partial charge in [0.2, 0.25) is 0 Å². The van der Waals surface area contributed by atoms with Crippen LogP contribution in [0.25, 0.3) is 0 Å². The molecule has 0 saturated carbocycles. The Kier molecular flexibility index (Phi) is 1.95. The molecule has 1 nitrogen and oxygen atoms in total. The van der Waals surface area contributed by atoms with Crippen LogP contribution in [0.5, 0.6) is 0 Å². The van der Waals surface area contributed by atoms with E-state index in [-0.39, 0.29) is 5.60 Å². The molecule has 0 aromatic heterocycles. The molecule has 0 aromatic rings. The van der Waals surface area contributed by atoms with Crippen molar-refractivity contribution in [3.05, 3.63) is 24.3 Å². The summed E-state index contributed by atoms with van der Waals surface area (Å²) in [6, 6.07) is 0. The first-order valence-electron chi connectivity index (χ1n) is 3.59. The quantitative estimate of drug-likeness (QED) is 0.505. The minimum Gasteiger partial charge on any atom is -0.367 e. The van der Waals surface area contributed by atoms with Crippen molar-refractivity contribution in [3.8, 4) is 0 Å². The SMILES string of the molecule is C=CC1(C)CC=C(C)CO1. The average molecular weight is 138 g/mol. The molecule has 0 bridgehead atoms. The first-order chi connectivity index (χ1) is 4.66. The number of hydrogen-bond acceptors (Lipinski definition) is 1. The summed E-state index contributed by atoms with van der Waals surface area (Å²) in [6.45, 7) is 8.62. The summed E-state index contributed by atoms with van der Waals surface area (Å²) in [6.07, 6.45) is 5.05.